The Bertz CT molecular complexity index is 598. The Morgan fingerprint density at radius 1 is 1.08 bits per heavy atom. The lowest BCUT2D eigenvalue weighted by Crippen LogP contribution is -2.45. The largest absolute Gasteiger partial charge is 0.341 e. The summed E-state index contributed by atoms with van der Waals surface area (Å²) in [6, 6.07) is 6.32. The van der Waals surface area contributed by atoms with Gasteiger partial charge in [-0.1, -0.05) is 23.8 Å². The van der Waals surface area contributed by atoms with E-state index in [-0.39, 0.29) is 18.0 Å². The number of urea groups is 1. The van der Waals surface area contributed by atoms with Crippen LogP contribution in [-0.4, -0.2) is 54.0 Å². The first kappa shape index (κ1) is 18.3. The number of aryl methyl sites for hydroxylation is 2. The van der Waals surface area contributed by atoms with Crippen LogP contribution in [0.2, 0.25) is 0 Å². The second-order valence-electron chi connectivity index (χ2n) is 6.93. The van der Waals surface area contributed by atoms with Crippen molar-refractivity contribution in [3.05, 3.63) is 34.9 Å². The molecule has 0 bridgehead atoms. The first-order valence-corrected chi connectivity index (χ1v) is 8.76. The normalized spacial score (nSPS) is 15.4. The van der Waals surface area contributed by atoms with E-state index < -0.39 is 0 Å². The fourth-order valence-corrected chi connectivity index (χ4v) is 2.97. The minimum Gasteiger partial charge on any atom is -0.341 e. The van der Waals surface area contributed by atoms with Crippen LogP contribution in [0.5, 0.6) is 0 Å². The minimum absolute atomic E-state index is 0.0335. The molecule has 1 aromatic carbocycles. The van der Waals surface area contributed by atoms with E-state index in [1.807, 2.05) is 37.5 Å². The summed E-state index contributed by atoms with van der Waals surface area (Å²) in [5.41, 5.74) is 3.43. The van der Waals surface area contributed by atoms with Crippen molar-refractivity contribution in [1.29, 1.82) is 0 Å². The lowest BCUT2D eigenvalue weighted by molar-refractivity contribution is -0.130. The smallest absolute Gasteiger partial charge is 0.317 e. The van der Waals surface area contributed by atoms with E-state index in [1.165, 1.54) is 5.56 Å². The zero-order valence-corrected chi connectivity index (χ0v) is 15.3. The molecule has 2 rings (SSSR count). The lowest BCUT2D eigenvalue weighted by atomic mass is 10.0. The molecule has 0 aliphatic carbocycles. The van der Waals surface area contributed by atoms with Crippen LogP contribution in [0.3, 0.4) is 0 Å². The molecule has 1 heterocycles. The summed E-state index contributed by atoms with van der Waals surface area (Å²) < 4.78 is 0. The Balaban J connectivity index is 1.94. The molecule has 132 valence electrons. The monoisotopic (exact) mass is 331 g/mol. The maximum absolute atomic E-state index is 12.6. The summed E-state index contributed by atoms with van der Waals surface area (Å²) in [6.07, 6.45) is 1.26. The van der Waals surface area contributed by atoms with Crippen molar-refractivity contribution in [2.75, 3.05) is 26.2 Å². The van der Waals surface area contributed by atoms with Crippen LogP contribution in [0.15, 0.2) is 18.2 Å². The number of hydrogen-bond acceptors (Lipinski definition) is 2. The third kappa shape index (κ3) is 4.98. The molecule has 0 unspecified atom stereocenters. The first-order chi connectivity index (χ1) is 11.4. The van der Waals surface area contributed by atoms with Gasteiger partial charge >= 0.3 is 6.03 Å². The van der Waals surface area contributed by atoms with Crippen LogP contribution in [0.4, 0.5) is 4.79 Å². The molecule has 0 spiro atoms. The molecule has 24 heavy (non-hydrogen) atoms. The Kier molecular flexibility index (Phi) is 6.23. The number of hydrogen-bond donors (Lipinski definition) is 1. The molecule has 0 aromatic heterocycles. The molecule has 1 fully saturated rings. The van der Waals surface area contributed by atoms with Crippen LogP contribution in [0.25, 0.3) is 0 Å². The Labute approximate surface area is 145 Å². The molecule has 1 N–H and O–H groups in total. The van der Waals surface area contributed by atoms with Crippen LogP contribution in [0.1, 0.15) is 37.0 Å². The second-order valence-corrected chi connectivity index (χ2v) is 6.93. The molecule has 5 heteroatoms. The third-order valence-electron chi connectivity index (χ3n) is 4.39. The highest BCUT2D eigenvalue weighted by molar-refractivity contribution is 5.79. The highest BCUT2D eigenvalue weighted by Crippen LogP contribution is 2.13. The van der Waals surface area contributed by atoms with E-state index >= 15 is 0 Å². The molecular formula is C19H29N3O2. The maximum Gasteiger partial charge on any atom is 0.317 e. The fraction of sp³-hybridized carbons (Fsp3) is 0.579. The third-order valence-corrected chi connectivity index (χ3v) is 4.39. The van der Waals surface area contributed by atoms with Gasteiger partial charge in [-0.3, -0.25) is 4.79 Å². The topological polar surface area (TPSA) is 52.7 Å². The van der Waals surface area contributed by atoms with Crippen LogP contribution in [-0.2, 0) is 11.2 Å². The van der Waals surface area contributed by atoms with E-state index in [2.05, 4.69) is 23.5 Å². The highest BCUT2D eigenvalue weighted by Gasteiger charge is 2.22. The molecule has 1 aliphatic heterocycles. The predicted molar refractivity (Wildman–Crippen MR) is 96.1 cm³/mol. The Morgan fingerprint density at radius 2 is 1.75 bits per heavy atom. The number of benzene rings is 1. The summed E-state index contributed by atoms with van der Waals surface area (Å²) in [5.74, 6) is 0.148. The van der Waals surface area contributed by atoms with Gasteiger partial charge in [0.05, 0.1) is 6.42 Å². The minimum atomic E-state index is -0.0335. The molecule has 0 atom stereocenters. The summed E-state index contributed by atoms with van der Waals surface area (Å²) in [5, 5.41) is 2.92. The number of nitrogens with zero attached hydrogens (tertiary/aromatic N) is 2. The summed E-state index contributed by atoms with van der Waals surface area (Å²) >= 11 is 0. The number of amides is 3. The van der Waals surface area contributed by atoms with Gasteiger partial charge in [0.25, 0.3) is 0 Å². The summed E-state index contributed by atoms with van der Waals surface area (Å²) in [6.45, 7) is 10.6. The van der Waals surface area contributed by atoms with Crippen molar-refractivity contribution in [2.24, 2.45) is 0 Å². The van der Waals surface area contributed by atoms with Crippen LogP contribution in [0, 0.1) is 13.8 Å². The SMILES string of the molecule is Cc1ccc(C)c(CC(=O)N2CCCN(C(=O)NC(C)C)CC2)c1. The van der Waals surface area contributed by atoms with Crippen molar-refractivity contribution < 1.29 is 9.59 Å². The second kappa shape index (κ2) is 8.18. The van der Waals surface area contributed by atoms with E-state index in [0.29, 0.717) is 26.1 Å². The number of carbonyl (C=O) groups excluding carboxylic acids is 2. The van der Waals surface area contributed by atoms with E-state index in [9.17, 15) is 9.59 Å². The molecule has 0 saturated carbocycles. The zero-order chi connectivity index (χ0) is 17.7. The Morgan fingerprint density at radius 3 is 2.46 bits per heavy atom. The molecular weight excluding hydrogens is 302 g/mol. The number of carbonyl (C=O) groups is 2. The van der Waals surface area contributed by atoms with Gasteiger partial charge in [0.1, 0.15) is 0 Å². The number of rotatable bonds is 3. The van der Waals surface area contributed by atoms with Crippen LogP contribution >= 0.6 is 0 Å². The quantitative estimate of drug-likeness (QED) is 0.925. The highest BCUT2D eigenvalue weighted by atomic mass is 16.2. The molecule has 0 radical (unpaired) electrons. The van der Waals surface area contributed by atoms with Gasteiger partial charge in [0.2, 0.25) is 5.91 Å². The van der Waals surface area contributed by atoms with Crippen molar-refractivity contribution >= 4 is 11.9 Å². The van der Waals surface area contributed by atoms with Crippen molar-refractivity contribution in [2.45, 2.75) is 46.6 Å². The van der Waals surface area contributed by atoms with E-state index in [1.54, 1.807) is 0 Å². The molecule has 3 amide bonds. The standard InChI is InChI=1S/C19H29N3O2/c1-14(2)20-19(24)22-9-5-8-21(10-11-22)18(23)13-17-12-15(3)6-7-16(17)4/h6-7,12,14H,5,8-11,13H2,1-4H3,(H,20,24). The van der Waals surface area contributed by atoms with Gasteiger partial charge < -0.3 is 15.1 Å². The molecule has 1 aromatic rings. The zero-order valence-electron chi connectivity index (χ0n) is 15.3. The van der Waals surface area contributed by atoms with Gasteiger partial charge in [0.15, 0.2) is 0 Å². The lowest BCUT2D eigenvalue weighted by Gasteiger charge is -2.23. The van der Waals surface area contributed by atoms with Crippen LogP contribution < -0.4 is 5.32 Å². The predicted octanol–water partition coefficient (Wildman–Crippen LogP) is 2.50. The fourth-order valence-electron chi connectivity index (χ4n) is 2.97. The number of nitrogens with one attached hydrogen (secondary N) is 1. The van der Waals surface area contributed by atoms with Crippen molar-refractivity contribution in [1.82, 2.24) is 15.1 Å². The average molecular weight is 331 g/mol. The molecule has 5 nitrogen and oxygen atoms in total. The van der Waals surface area contributed by atoms with Crippen molar-refractivity contribution in [3.8, 4) is 0 Å². The van der Waals surface area contributed by atoms with Gasteiger partial charge in [-0.2, -0.15) is 0 Å². The van der Waals surface area contributed by atoms with Gasteiger partial charge in [-0.05, 0) is 45.2 Å². The molecule has 1 aliphatic rings. The molecule has 1 saturated heterocycles. The summed E-state index contributed by atoms with van der Waals surface area (Å²) in [7, 11) is 0. The van der Waals surface area contributed by atoms with E-state index in [0.717, 1.165) is 24.1 Å². The van der Waals surface area contributed by atoms with Crippen molar-refractivity contribution in [3.63, 3.8) is 0 Å². The van der Waals surface area contributed by atoms with E-state index in [4.69, 9.17) is 0 Å². The van der Waals surface area contributed by atoms with Gasteiger partial charge in [0, 0.05) is 32.2 Å². The average Bonchev–Trinajstić information content (AvgIpc) is 2.76. The van der Waals surface area contributed by atoms with Gasteiger partial charge in [-0.15, -0.1) is 0 Å². The Hall–Kier alpha value is -2.04. The van der Waals surface area contributed by atoms with Gasteiger partial charge in [-0.25, -0.2) is 4.79 Å². The maximum atomic E-state index is 12.6. The first-order valence-electron chi connectivity index (χ1n) is 8.76. The summed E-state index contributed by atoms with van der Waals surface area (Å²) in [4.78, 5) is 28.5.